The molecular weight excluding hydrogens is 396 g/mol. The molecule has 1 saturated heterocycles. The largest absolute Gasteiger partial charge is 0.493 e. The maximum atomic E-state index is 12.2. The second-order valence-electron chi connectivity index (χ2n) is 6.39. The summed E-state index contributed by atoms with van der Waals surface area (Å²) in [7, 11) is 3.17. The van der Waals surface area contributed by atoms with Crippen molar-refractivity contribution in [1.29, 1.82) is 0 Å². The Kier molecular flexibility index (Phi) is 9.62. The molecule has 0 bridgehead atoms. The first kappa shape index (κ1) is 22.9. The van der Waals surface area contributed by atoms with Crippen LogP contribution in [0, 0.1) is 0 Å². The molecule has 0 aromatic heterocycles. The highest BCUT2D eigenvalue weighted by atomic mass is 32.1. The molecular formula is C19H28N4O5S. The maximum absolute atomic E-state index is 12.2. The Morgan fingerprint density at radius 2 is 2.10 bits per heavy atom. The fourth-order valence-electron chi connectivity index (χ4n) is 2.64. The van der Waals surface area contributed by atoms with E-state index in [1.807, 2.05) is 13.0 Å². The number of benzene rings is 1. The van der Waals surface area contributed by atoms with Crippen molar-refractivity contribution in [2.45, 2.75) is 13.0 Å². The van der Waals surface area contributed by atoms with E-state index in [0.29, 0.717) is 49.5 Å². The highest BCUT2D eigenvalue weighted by Crippen LogP contribution is 2.27. The van der Waals surface area contributed by atoms with Gasteiger partial charge in [-0.1, -0.05) is 0 Å². The Hall–Kier alpha value is -2.43. The van der Waals surface area contributed by atoms with E-state index in [-0.39, 0.29) is 18.6 Å². The highest BCUT2D eigenvalue weighted by Gasteiger charge is 2.18. The molecule has 1 heterocycles. The average Bonchev–Trinajstić information content (AvgIpc) is 2.73. The molecule has 1 aromatic rings. The van der Waals surface area contributed by atoms with Crippen LogP contribution in [0.2, 0.25) is 0 Å². The second kappa shape index (κ2) is 12.2. The van der Waals surface area contributed by atoms with Crippen LogP contribution < -0.4 is 20.2 Å². The summed E-state index contributed by atoms with van der Waals surface area (Å²) in [5, 5.41) is 7.56. The monoisotopic (exact) mass is 424 g/mol. The molecule has 0 saturated carbocycles. The Bertz CT molecular complexity index is 710. The average molecular weight is 425 g/mol. The number of carbonyl (C=O) groups excluding carboxylic acids is 1. The topological polar surface area (TPSA) is 93.6 Å². The van der Waals surface area contributed by atoms with Crippen LogP contribution in [-0.4, -0.2) is 81.9 Å². The SMILES string of the molecule is COC[C@H](C)NC(=S)N/N=C\c1ccc(OCC(=O)N2CCOCC2)c(OC)c1. The lowest BCUT2D eigenvalue weighted by Crippen LogP contribution is -2.43. The van der Waals surface area contributed by atoms with Crippen molar-refractivity contribution in [3.8, 4) is 11.5 Å². The molecule has 2 N–H and O–H groups in total. The number of amides is 1. The summed E-state index contributed by atoms with van der Waals surface area (Å²) in [4.78, 5) is 13.9. The predicted octanol–water partition coefficient (Wildman–Crippen LogP) is 0.766. The van der Waals surface area contributed by atoms with Gasteiger partial charge in [0.2, 0.25) is 0 Å². The van der Waals surface area contributed by atoms with E-state index in [0.717, 1.165) is 5.56 Å². The van der Waals surface area contributed by atoms with E-state index in [2.05, 4.69) is 15.8 Å². The molecule has 160 valence electrons. The van der Waals surface area contributed by atoms with E-state index in [1.54, 1.807) is 37.5 Å². The molecule has 0 radical (unpaired) electrons. The number of thiocarbonyl (C=S) groups is 1. The molecule has 1 aromatic carbocycles. The third-order valence-electron chi connectivity index (χ3n) is 4.08. The summed E-state index contributed by atoms with van der Waals surface area (Å²) in [6.07, 6.45) is 1.61. The maximum Gasteiger partial charge on any atom is 0.260 e. The number of ether oxygens (including phenoxy) is 4. The molecule has 0 spiro atoms. The minimum absolute atomic E-state index is 0.0506. The fraction of sp³-hybridized carbons (Fsp3) is 0.526. The number of nitrogens with one attached hydrogen (secondary N) is 2. The van der Waals surface area contributed by atoms with Crippen LogP contribution in [0.15, 0.2) is 23.3 Å². The Morgan fingerprint density at radius 1 is 1.34 bits per heavy atom. The Balaban J connectivity index is 1.87. The molecule has 0 aliphatic carbocycles. The van der Waals surface area contributed by atoms with Crippen molar-refractivity contribution in [2.75, 3.05) is 53.7 Å². The number of hydrogen-bond acceptors (Lipinski definition) is 7. The Labute approximate surface area is 176 Å². The van der Waals surface area contributed by atoms with E-state index < -0.39 is 0 Å². The van der Waals surface area contributed by atoms with Crippen LogP contribution in [-0.2, 0) is 14.3 Å². The quantitative estimate of drug-likeness (QED) is 0.341. The summed E-state index contributed by atoms with van der Waals surface area (Å²) in [6, 6.07) is 5.40. The Morgan fingerprint density at radius 3 is 2.79 bits per heavy atom. The number of carbonyl (C=O) groups is 1. The lowest BCUT2D eigenvalue weighted by atomic mass is 10.2. The van der Waals surface area contributed by atoms with Gasteiger partial charge in [0.1, 0.15) is 0 Å². The summed E-state index contributed by atoms with van der Waals surface area (Å²) >= 11 is 5.16. The van der Waals surface area contributed by atoms with E-state index in [9.17, 15) is 4.79 Å². The van der Waals surface area contributed by atoms with Gasteiger partial charge in [-0.25, -0.2) is 0 Å². The lowest BCUT2D eigenvalue weighted by molar-refractivity contribution is -0.137. The van der Waals surface area contributed by atoms with Crippen LogP contribution in [0.1, 0.15) is 12.5 Å². The number of methoxy groups -OCH3 is 2. The summed E-state index contributed by atoms with van der Waals surface area (Å²) in [5.74, 6) is 0.928. The third kappa shape index (κ3) is 7.84. The first-order valence-electron chi connectivity index (χ1n) is 9.28. The van der Waals surface area contributed by atoms with Crippen molar-refractivity contribution < 1.29 is 23.7 Å². The zero-order chi connectivity index (χ0) is 21.1. The van der Waals surface area contributed by atoms with Gasteiger partial charge in [-0.15, -0.1) is 0 Å². The van der Waals surface area contributed by atoms with Crippen LogP contribution in [0.4, 0.5) is 0 Å². The predicted molar refractivity (Wildman–Crippen MR) is 114 cm³/mol. The zero-order valence-corrected chi connectivity index (χ0v) is 17.8. The standard InChI is InChI=1S/C19H28N4O5S/c1-14(12-25-2)21-19(29)22-20-11-15-4-5-16(17(10-15)26-3)28-13-18(24)23-6-8-27-9-7-23/h4-5,10-11,14H,6-9,12-13H2,1-3H3,(H2,21,22,29)/b20-11-/t14-/m0/s1. The van der Waals surface area contributed by atoms with Gasteiger partial charge in [-0.2, -0.15) is 5.10 Å². The van der Waals surface area contributed by atoms with E-state index in [1.165, 1.54) is 0 Å². The van der Waals surface area contributed by atoms with Crippen LogP contribution >= 0.6 is 12.2 Å². The zero-order valence-electron chi connectivity index (χ0n) is 17.0. The van der Waals surface area contributed by atoms with Gasteiger partial charge in [0.15, 0.2) is 23.2 Å². The third-order valence-corrected chi connectivity index (χ3v) is 4.29. The summed E-state index contributed by atoms with van der Waals surface area (Å²) in [6.45, 7) is 4.73. The molecule has 2 rings (SSSR count). The number of morpholine rings is 1. The van der Waals surface area contributed by atoms with Crippen LogP contribution in [0.5, 0.6) is 11.5 Å². The van der Waals surface area contributed by atoms with Gasteiger partial charge in [0, 0.05) is 26.2 Å². The highest BCUT2D eigenvalue weighted by molar-refractivity contribution is 7.80. The first-order chi connectivity index (χ1) is 14.0. The van der Waals surface area contributed by atoms with Crippen molar-refractivity contribution in [3.05, 3.63) is 23.8 Å². The molecule has 1 amide bonds. The van der Waals surface area contributed by atoms with Crippen LogP contribution in [0.25, 0.3) is 0 Å². The molecule has 0 unspecified atom stereocenters. The molecule has 1 fully saturated rings. The smallest absolute Gasteiger partial charge is 0.260 e. The normalized spacial score (nSPS) is 15.1. The van der Waals surface area contributed by atoms with Gasteiger partial charge in [0.25, 0.3) is 5.91 Å². The second-order valence-corrected chi connectivity index (χ2v) is 6.80. The molecule has 29 heavy (non-hydrogen) atoms. The van der Waals surface area contributed by atoms with Gasteiger partial charge in [0.05, 0.1) is 33.1 Å². The number of hydrogen-bond donors (Lipinski definition) is 2. The number of rotatable bonds is 9. The van der Waals surface area contributed by atoms with Crippen molar-refractivity contribution in [3.63, 3.8) is 0 Å². The molecule has 1 aliphatic heterocycles. The fourth-order valence-corrected chi connectivity index (χ4v) is 2.89. The first-order valence-corrected chi connectivity index (χ1v) is 9.69. The van der Waals surface area contributed by atoms with Crippen molar-refractivity contribution in [2.24, 2.45) is 5.10 Å². The van der Waals surface area contributed by atoms with Crippen molar-refractivity contribution >= 4 is 29.5 Å². The summed E-state index contributed by atoms with van der Waals surface area (Å²) < 4.78 is 21.3. The van der Waals surface area contributed by atoms with E-state index in [4.69, 9.17) is 31.2 Å². The van der Waals surface area contributed by atoms with Crippen LogP contribution in [0.3, 0.4) is 0 Å². The summed E-state index contributed by atoms with van der Waals surface area (Å²) in [5.41, 5.74) is 3.54. The molecule has 9 nitrogen and oxygen atoms in total. The van der Waals surface area contributed by atoms with Gasteiger partial charge >= 0.3 is 0 Å². The number of hydrazone groups is 1. The molecule has 10 heteroatoms. The van der Waals surface area contributed by atoms with Gasteiger partial charge in [-0.3, -0.25) is 10.2 Å². The minimum Gasteiger partial charge on any atom is -0.493 e. The number of nitrogens with zero attached hydrogens (tertiary/aromatic N) is 2. The molecule has 1 atom stereocenters. The van der Waals surface area contributed by atoms with Crippen molar-refractivity contribution in [1.82, 2.24) is 15.6 Å². The molecule has 1 aliphatic rings. The van der Waals surface area contributed by atoms with Gasteiger partial charge < -0.3 is 29.2 Å². The van der Waals surface area contributed by atoms with Gasteiger partial charge in [-0.05, 0) is 42.9 Å². The van der Waals surface area contributed by atoms with E-state index >= 15 is 0 Å². The minimum atomic E-state index is -0.0751. The lowest BCUT2D eigenvalue weighted by Gasteiger charge is -2.26.